The Morgan fingerprint density at radius 2 is 1.38 bits per heavy atom. The van der Waals surface area contributed by atoms with Crippen LogP contribution in [0.1, 0.15) is 55.4 Å². The van der Waals surface area contributed by atoms with E-state index in [1.807, 2.05) is 48.5 Å². The van der Waals surface area contributed by atoms with Crippen LogP contribution in [0.4, 0.5) is 0 Å². The number of rotatable bonds is 8. The van der Waals surface area contributed by atoms with Gasteiger partial charge in [0.05, 0.1) is 30.7 Å². The number of carbonyl (C=O) groups is 3. The van der Waals surface area contributed by atoms with Crippen LogP contribution < -0.4 is 5.73 Å². The largest absolute Gasteiger partial charge is 0.469 e. The number of esters is 1. The summed E-state index contributed by atoms with van der Waals surface area (Å²) in [6.45, 7) is 0. The van der Waals surface area contributed by atoms with E-state index < -0.39 is 23.8 Å². The lowest BCUT2D eigenvalue weighted by Crippen LogP contribution is -2.35. The first-order valence-corrected chi connectivity index (χ1v) is 10.9. The normalized spacial score (nSPS) is 13.5. The van der Waals surface area contributed by atoms with E-state index in [0.717, 1.165) is 28.9 Å². The summed E-state index contributed by atoms with van der Waals surface area (Å²) >= 11 is 0. The molecule has 172 valence electrons. The fraction of sp³-hybridized carbons (Fsp3) is 0.185. The lowest BCUT2D eigenvalue weighted by Gasteiger charge is -2.26. The molecule has 7 heteroatoms. The lowest BCUT2D eigenvalue weighted by molar-refractivity contribution is -0.141. The highest BCUT2D eigenvalue weighted by Crippen LogP contribution is 2.34. The first kappa shape index (κ1) is 22.9. The Morgan fingerprint density at radius 3 is 1.85 bits per heavy atom. The van der Waals surface area contributed by atoms with Crippen LogP contribution in [-0.4, -0.2) is 35.6 Å². The van der Waals surface area contributed by atoms with Crippen LogP contribution in [0.2, 0.25) is 0 Å². The number of hydrogen-bond donors (Lipinski definition) is 2. The van der Waals surface area contributed by atoms with Crippen molar-refractivity contribution in [1.29, 1.82) is 5.41 Å². The van der Waals surface area contributed by atoms with Gasteiger partial charge in [0.25, 0.3) is 11.8 Å². The molecule has 4 rings (SSSR count). The molecule has 1 unspecified atom stereocenters. The smallest absolute Gasteiger partial charge is 0.307 e. The fourth-order valence-corrected chi connectivity index (χ4v) is 4.14. The minimum Gasteiger partial charge on any atom is -0.469 e. The van der Waals surface area contributed by atoms with Crippen molar-refractivity contribution >= 4 is 23.6 Å². The predicted molar refractivity (Wildman–Crippen MR) is 128 cm³/mol. The van der Waals surface area contributed by atoms with Crippen molar-refractivity contribution in [3.8, 4) is 0 Å². The molecule has 2 amide bonds. The average molecular weight is 456 g/mol. The van der Waals surface area contributed by atoms with Gasteiger partial charge >= 0.3 is 5.97 Å². The second-order valence-electron chi connectivity index (χ2n) is 8.17. The highest BCUT2D eigenvalue weighted by Gasteiger charge is 2.41. The van der Waals surface area contributed by atoms with Gasteiger partial charge in [0.1, 0.15) is 5.84 Å². The number of imide groups is 1. The van der Waals surface area contributed by atoms with Gasteiger partial charge in [-0.1, -0.05) is 60.7 Å². The quantitative estimate of drug-likeness (QED) is 0.233. The summed E-state index contributed by atoms with van der Waals surface area (Å²) in [7, 11) is 1.29. The van der Waals surface area contributed by atoms with Gasteiger partial charge in [0.15, 0.2) is 0 Å². The highest BCUT2D eigenvalue weighted by atomic mass is 16.5. The molecule has 0 saturated heterocycles. The minimum absolute atomic E-state index is 0.0432. The summed E-state index contributed by atoms with van der Waals surface area (Å²) in [6.07, 6.45) is 1.47. The lowest BCUT2D eigenvalue weighted by atomic mass is 9.98. The maximum Gasteiger partial charge on any atom is 0.307 e. The third-order valence-electron chi connectivity index (χ3n) is 6.06. The number of aryl methyl sites for hydroxylation is 2. The number of amidine groups is 1. The van der Waals surface area contributed by atoms with Gasteiger partial charge in [-0.3, -0.25) is 24.7 Å². The monoisotopic (exact) mass is 455 g/mol. The van der Waals surface area contributed by atoms with Crippen LogP contribution in [0.3, 0.4) is 0 Å². The van der Waals surface area contributed by atoms with Crippen molar-refractivity contribution in [2.24, 2.45) is 5.73 Å². The van der Waals surface area contributed by atoms with Crippen LogP contribution >= 0.6 is 0 Å². The summed E-state index contributed by atoms with van der Waals surface area (Å²) in [5.74, 6) is -1.28. The maximum atomic E-state index is 13.0. The van der Waals surface area contributed by atoms with Crippen LogP contribution in [-0.2, 0) is 22.4 Å². The Morgan fingerprint density at radius 1 is 0.882 bits per heavy atom. The standard InChI is InChI=1S/C27H25N3O4/c1-34-24(31)16-23(30-26(32)21-4-2-3-5-22(21)27(30)33)19-12-8-17(9-13-19)6-7-18-10-14-20(15-11-18)25(28)29/h2-5,8-15,23H,6-7,16H2,1H3,(H3,28,29). The Labute approximate surface area is 197 Å². The molecule has 3 aromatic carbocycles. The number of ether oxygens (including phenoxy) is 1. The zero-order valence-corrected chi connectivity index (χ0v) is 18.8. The maximum absolute atomic E-state index is 13.0. The molecule has 1 atom stereocenters. The first-order chi connectivity index (χ1) is 16.4. The summed E-state index contributed by atoms with van der Waals surface area (Å²) in [5.41, 5.74) is 9.78. The Hall–Kier alpha value is -4.26. The second-order valence-corrected chi connectivity index (χ2v) is 8.17. The van der Waals surface area contributed by atoms with E-state index in [0.29, 0.717) is 22.3 Å². The Balaban J connectivity index is 1.52. The van der Waals surface area contributed by atoms with Gasteiger partial charge in [-0.2, -0.15) is 0 Å². The molecule has 3 aromatic rings. The number of nitrogens with zero attached hydrogens (tertiary/aromatic N) is 1. The number of nitrogens with two attached hydrogens (primary N) is 1. The van der Waals surface area contributed by atoms with Crippen molar-refractivity contribution in [3.05, 3.63) is 106 Å². The van der Waals surface area contributed by atoms with Crippen LogP contribution in [0.5, 0.6) is 0 Å². The molecule has 7 nitrogen and oxygen atoms in total. The van der Waals surface area contributed by atoms with E-state index in [-0.39, 0.29) is 12.3 Å². The second kappa shape index (κ2) is 9.70. The molecule has 0 fully saturated rings. The molecule has 0 spiro atoms. The number of fused-ring (bicyclic) bond motifs is 1. The summed E-state index contributed by atoms with van der Waals surface area (Å²) in [5, 5.41) is 7.48. The van der Waals surface area contributed by atoms with Crippen molar-refractivity contribution < 1.29 is 19.1 Å². The van der Waals surface area contributed by atoms with E-state index >= 15 is 0 Å². The first-order valence-electron chi connectivity index (χ1n) is 10.9. The molecule has 1 aliphatic heterocycles. The molecule has 34 heavy (non-hydrogen) atoms. The summed E-state index contributed by atoms with van der Waals surface area (Å²) < 4.78 is 4.83. The van der Waals surface area contributed by atoms with Crippen LogP contribution in [0.25, 0.3) is 0 Å². The van der Waals surface area contributed by atoms with E-state index in [2.05, 4.69) is 0 Å². The third-order valence-corrected chi connectivity index (χ3v) is 6.06. The molecular formula is C27H25N3O4. The van der Waals surface area contributed by atoms with Crippen LogP contribution in [0, 0.1) is 5.41 Å². The summed E-state index contributed by atoms with van der Waals surface area (Å²) in [6, 6.07) is 21.1. The molecule has 3 N–H and O–H groups in total. The molecule has 0 radical (unpaired) electrons. The third kappa shape index (κ3) is 4.59. The van der Waals surface area contributed by atoms with E-state index in [1.165, 1.54) is 7.11 Å². The molecule has 1 heterocycles. The van der Waals surface area contributed by atoms with Gasteiger partial charge in [-0.15, -0.1) is 0 Å². The van der Waals surface area contributed by atoms with Crippen molar-refractivity contribution in [3.63, 3.8) is 0 Å². The number of amides is 2. The summed E-state index contributed by atoms with van der Waals surface area (Å²) in [4.78, 5) is 39.3. The Bertz CT molecular complexity index is 1210. The molecule has 0 aliphatic carbocycles. The predicted octanol–water partition coefficient (Wildman–Crippen LogP) is 3.66. The fourth-order valence-electron chi connectivity index (χ4n) is 4.14. The number of hydrogen-bond acceptors (Lipinski definition) is 5. The minimum atomic E-state index is -0.756. The van der Waals surface area contributed by atoms with Crippen molar-refractivity contribution in [2.45, 2.75) is 25.3 Å². The number of methoxy groups -OCH3 is 1. The number of carbonyl (C=O) groups excluding carboxylic acids is 3. The van der Waals surface area contributed by atoms with E-state index in [9.17, 15) is 14.4 Å². The zero-order valence-electron chi connectivity index (χ0n) is 18.8. The van der Waals surface area contributed by atoms with Gasteiger partial charge < -0.3 is 10.5 Å². The SMILES string of the molecule is COC(=O)CC(c1ccc(CCc2ccc(C(=N)N)cc2)cc1)N1C(=O)c2ccccc2C1=O. The zero-order chi connectivity index (χ0) is 24.2. The number of nitrogen functional groups attached to an aromatic ring is 1. The van der Waals surface area contributed by atoms with Gasteiger partial charge in [0, 0.05) is 5.56 Å². The van der Waals surface area contributed by atoms with E-state index in [4.69, 9.17) is 15.9 Å². The van der Waals surface area contributed by atoms with Gasteiger partial charge in [-0.25, -0.2) is 0 Å². The molecule has 0 bridgehead atoms. The van der Waals surface area contributed by atoms with Gasteiger partial charge in [-0.05, 0) is 41.7 Å². The number of benzene rings is 3. The molecule has 1 aliphatic rings. The highest BCUT2D eigenvalue weighted by molar-refractivity contribution is 6.21. The van der Waals surface area contributed by atoms with Crippen LogP contribution in [0.15, 0.2) is 72.8 Å². The molecule has 0 saturated carbocycles. The Kier molecular flexibility index (Phi) is 6.54. The molecular weight excluding hydrogens is 430 g/mol. The van der Waals surface area contributed by atoms with E-state index in [1.54, 1.807) is 24.3 Å². The number of nitrogens with one attached hydrogen (secondary N) is 1. The van der Waals surface area contributed by atoms with Crippen molar-refractivity contribution in [1.82, 2.24) is 4.90 Å². The average Bonchev–Trinajstić information content (AvgIpc) is 3.11. The van der Waals surface area contributed by atoms with Crippen molar-refractivity contribution in [2.75, 3.05) is 7.11 Å². The molecule has 0 aromatic heterocycles. The van der Waals surface area contributed by atoms with Gasteiger partial charge in [0.2, 0.25) is 0 Å². The topological polar surface area (TPSA) is 114 Å².